The maximum Gasteiger partial charge on any atom is 0.0287 e. The molecule has 2 heteroatoms. The third-order valence-corrected chi connectivity index (χ3v) is 3.45. The fourth-order valence-electron chi connectivity index (χ4n) is 0.429. The molecule has 1 rings (SSSR count). The molecule has 44 valence electrons. The first-order valence-corrected chi connectivity index (χ1v) is 5.91. The largest absolute Gasteiger partial charge is 0.0934 e. The SMILES string of the molecule is BrCC1=CI=CC=C1. The van der Waals surface area contributed by atoms with Gasteiger partial charge in [-0.3, -0.25) is 0 Å². The van der Waals surface area contributed by atoms with E-state index in [1.54, 1.807) is 0 Å². The van der Waals surface area contributed by atoms with Crippen LogP contribution in [0.25, 0.3) is 0 Å². The summed E-state index contributed by atoms with van der Waals surface area (Å²) in [5, 5.41) is 1.01. The Balaban J connectivity index is 2.68. The van der Waals surface area contributed by atoms with E-state index in [0.29, 0.717) is 0 Å². The van der Waals surface area contributed by atoms with Gasteiger partial charge < -0.3 is 0 Å². The van der Waals surface area contributed by atoms with Gasteiger partial charge in [0.25, 0.3) is 0 Å². The normalized spacial score (nSPS) is 17.4. The van der Waals surface area contributed by atoms with Crippen molar-refractivity contribution in [1.82, 2.24) is 0 Å². The minimum Gasteiger partial charge on any atom is -0.0934 e. The van der Waals surface area contributed by atoms with Crippen LogP contribution < -0.4 is 0 Å². The van der Waals surface area contributed by atoms with Crippen LogP contribution in [0, 0.1) is 0 Å². The van der Waals surface area contributed by atoms with Gasteiger partial charge in [0.05, 0.1) is 0 Å². The molecule has 0 bridgehead atoms. The molecule has 0 aromatic carbocycles. The molecule has 0 saturated carbocycles. The van der Waals surface area contributed by atoms with Crippen molar-refractivity contribution < 1.29 is 0 Å². The second-order valence-electron chi connectivity index (χ2n) is 1.43. The Labute approximate surface area is 67.5 Å². The maximum absolute atomic E-state index is 3.40. The van der Waals surface area contributed by atoms with Crippen LogP contribution in [0.5, 0.6) is 0 Å². The van der Waals surface area contributed by atoms with Crippen molar-refractivity contribution in [2.24, 2.45) is 0 Å². The molecule has 0 N–H and O–H groups in total. The Morgan fingerprint density at radius 1 is 1.62 bits per heavy atom. The lowest BCUT2D eigenvalue weighted by Gasteiger charge is -1.93. The Bertz CT molecular complexity index is 156. The molecule has 0 fully saturated rings. The van der Waals surface area contributed by atoms with E-state index in [2.05, 4.69) is 36.2 Å². The molecule has 0 atom stereocenters. The zero-order valence-electron chi connectivity index (χ0n) is 4.27. The molecular formula is C6H6BrI. The lowest BCUT2D eigenvalue weighted by Crippen LogP contribution is -1.78. The van der Waals surface area contributed by atoms with Crippen LogP contribution in [0.2, 0.25) is 0 Å². The molecule has 1 aliphatic heterocycles. The van der Waals surface area contributed by atoms with Crippen molar-refractivity contribution in [3.05, 3.63) is 21.8 Å². The van der Waals surface area contributed by atoms with Crippen LogP contribution >= 0.6 is 36.7 Å². The summed E-state index contributed by atoms with van der Waals surface area (Å²) in [5.41, 5.74) is 1.43. The van der Waals surface area contributed by atoms with E-state index >= 15 is 0 Å². The zero-order chi connectivity index (χ0) is 5.82. The number of alkyl halides is 1. The van der Waals surface area contributed by atoms with Crippen molar-refractivity contribution in [1.29, 1.82) is 0 Å². The molecule has 0 unspecified atom stereocenters. The standard InChI is InChI=1S/C6H6BrI/c7-4-6-2-1-3-8-5-6/h1-3,5H,4H2. The quantitative estimate of drug-likeness (QED) is 0.513. The first-order chi connectivity index (χ1) is 3.93. The molecule has 0 aromatic rings. The number of hydrogen-bond acceptors (Lipinski definition) is 0. The lowest BCUT2D eigenvalue weighted by molar-refractivity contribution is 1.61. The summed E-state index contributed by atoms with van der Waals surface area (Å²) < 4.78 is 4.58. The molecule has 0 radical (unpaired) electrons. The van der Waals surface area contributed by atoms with E-state index in [1.165, 1.54) is 5.57 Å². The number of rotatable bonds is 1. The summed E-state index contributed by atoms with van der Waals surface area (Å²) in [6.45, 7) is 0. The topological polar surface area (TPSA) is 0 Å². The molecular weight excluding hydrogens is 279 g/mol. The smallest absolute Gasteiger partial charge is 0.0287 e. The lowest BCUT2D eigenvalue weighted by atomic mass is 10.3. The summed E-state index contributed by atoms with van der Waals surface area (Å²) in [7, 11) is 0. The molecule has 0 spiro atoms. The van der Waals surface area contributed by atoms with E-state index in [1.807, 2.05) is 0 Å². The van der Waals surface area contributed by atoms with Gasteiger partial charge in [0, 0.05) is 5.33 Å². The maximum atomic E-state index is 3.40. The van der Waals surface area contributed by atoms with Gasteiger partial charge in [-0.05, 0) is 13.7 Å². The van der Waals surface area contributed by atoms with Crippen LogP contribution in [0.3, 0.4) is 0 Å². The summed E-state index contributed by atoms with van der Waals surface area (Å²) in [4.78, 5) is 0. The molecule has 0 aromatic heterocycles. The van der Waals surface area contributed by atoms with Crippen molar-refractivity contribution in [3.8, 4) is 0 Å². The zero-order valence-corrected chi connectivity index (χ0v) is 8.02. The van der Waals surface area contributed by atoms with Crippen LogP contribution in [-0.2, 0) is 0 Å². The minimum absolute atomic E-state index is 0.264. The Morgan fingerprint density at radius 3 is 2.88 bits per heavy atom. The molecule has 1 aliphatic rings. The van der Waals surface area contributed by atoms with Crippen LogP contribution in [-0.4, -0.2) is 9.34 Å². The Kier molecular flexibility index (Phi) is 2.97. The summed E-state index contributed by atoms with van der Waals surface area (Å²) >= 11 is 3.66. The van der Waals surface area contributed by atoms with Gasteiger partial charge in [-0.25, -0.2) is 0 Å². The van der Waals surface area contributed by atoms with E-state index in [0.717, 1.165) is 5.33 Å². The fraction of sp³-hybridized carbons (Fsp3) is 0.167. The van der Waals surface area contributed by atoms with Gasteiger partial charge >= 0.3 is 0 Å². The highest BCUT2D eigenvalue weighted by atomic mass is 127. The fourth-order valence-corrected chi connectivity index (χ4v) is 2.93. The minimum atomic E-state index is 0.264. The van der Waals surface area contributed by atoms with Crippen LogP contribution in [0.4, 0.5) is 0 Å². The van der Waals surface area contributed by atoms with Crippen molar-refractivity contribution in [3.63, 3.8) is 0 Å². The monoisotopic (exact) mass is 284 g/mol. The number of allylic oxidation sites excluding steroid dienone is 3. The van der Waals surface area contributed by atoms with Crippen molar-refractivity contribution in [2.45, 2.75) is 0 Å². The highest BCUT2D eigenvalue weighted by Gasteiger charge is 1.87. The summed E-state index contributed by atoms with van der Waals surface area (Å²) in [5.74, 6) is 0. The van der Waals surface area contributed by atoms with Crippen LogP contribution in [0.1, 0.15) is 0 Å². The highest BCUT2D eigenvalue weighted by Crippen LogP contribution is 2.12. The number of hydrogen-bond donors (Lipinski definition) is 0. The van der Waals surface area contributed by atoms with Gasteiger partial charge in [0.1, 0.15) is 0 Å². The molecule has 8 heavy (non-hydrogen) atoms. The number of halogens is 2. The first kappa shape index (κ1) is 6.68. The van der Waals surface area contributed by atoms with Gasteiger partial charge in [-0.15, -0.1) is 0 Å². The molecule has 0 aliphatic carbocycles. The Morgan fingerprint density at radius 2 is 2.50 bits per heavy atom. The predicted molar refractivity (Wildman–Crippen MR) is 51.1 cm³/mol. The third kappa shape index (κ3) is 1.82. The molecule has 0 nitrogen and oxygen atoms in total. The second-order valence-corrected chi connectivity index (χ2v) is 4.05. The van der Waals surface area contributed by atoms with Crippen molar-refractivity contribution >= 4 is 40.7 Å². The third-order valence-electron chi connectivity index (χ3n) is 0.813. The van der Waals surface area contributed by atoms with E-state index in [4.69, 9.17) is 0 Å². The van der Waals surface area contributed by atoms with Gasteiger partial charge in [-0.2, -0.15) is 0 Å². The van der Waals surface area contributed by atoms with E-state index < -0.39 is 0 Å². The Hall–Kier alpha value is 0.560. The first-order valence-electron chi connectivity index (χ1n) is 2.30. The summed E-state index contributed by atoms with van der Waals surface area (Å²) in [6.07, 6.45) is 4.29. The molecule has 0 saturated heterocycles. The average Bonchev–Trinajstić information content (AvgIpc) is 1.90. The van der Waals surface area contributed by atoms with Gasteiger partial charge in [0.2, 0.25) is 0 Å². The van der Waals surface area contributed by atoms with Crippen molar-refractivity contribution in [2.75, 3.05) is 5.33 Å². The van der Waals surface area contributed by atoms with E-state index in [9.17, 15) is 0 Å². The molecule has 0 amide bonds. The molecule has 1 heterocycles. The van der Waals surface area contributed by atoms with E-state index in [-0.39, 0.29) is 20.7 Å². The van der Waals surface area contributed by atoms with Gasteiger partial charge in [-0.1, -0.05) is 48.8 Å². The van der Waals surface area contributed by atoms with Gasteiger partial charge in [0.15, 0.2) is 0 Å². The van der Waals surface area contributed by atoms with Crippen LogP contribution in [0.15, 0.2) is 21.8 Å². The highest BCUT2D eigenvalue weighted by molar-refractivity contribution is 14.2. The average molecular weight is 285 g/mol. The second kappa shape index (κ2) is 3.56. The summed E-state index contributed by atoms with van der Waals surface area (Å²) in [6, 6.07) is 0. The predicted octanol–water partition coefficient (Wildman–Crippen LogP) is 2.61.